The summed E-state index contributed by atoms with van der Waals surface area (Å²) in [6.07, 6.45) is 6.39. The Morgan fingerprint density at radius 3 is 2.18 bits per heavy atom. The van der Waals surface area contributed by atoms with Crippen molar-refractivity contribution in [3.8, 4) is 0 Å². The van der Waals surface area contributed by atoms with Gasteiger partial charge in [-0.2, -0.15) is 0 Å². The van der Waals surface area contributed by atoms with E-state index in [-0.39, 0.29) is 12.1 Å². The highest BCUT2D eigenvalue weighted by atomic mass is 35.5. The topological polar surface area (TPSA) is 52.0 Å². The number of hydrogen-bond donors (Lipinski definition) is 2. The smallest absolute Gasteiger partial charge is 0.0451 e. The first kappa shape index (κ1) is 12.9. The van der Waals surface area contributed by atoms with Crippen molar-refractivity contribution in [1.29, 1.82) is 0 Å². The molecule has 94 valence electrons. The Labute approximate surface area is 108 Å². The van der Waals surface area contributed by atoms with Gasteiger partial charge >= 0.3 is 0 Å². The van der Waals surface area contributed by atoms with Gasteiger partial charge in [-0.3, -0.25) is 0 Å². The van der Waals surface area contributed by atoms with Crippen LogP contribution in [0.1, 0.15) is 43.7 Å². The van der Waals surface area contributed by atoms with Gasteiger partial charge in [-0.15, -0.1) is 0 Å². The Hall–Kier alpha value is -0.570. The Kier molecular flexibility index (Phi) is 4.43. The Bertz CT molecular complexity index is 344. The number of halogens is 1. The minimum atomic E-state index is -0.0737. The number of nitrogens with two attached hydrogens (primary N) is 2. The molecule has 1 aliphatic rings. The lowest BCUT2D eigenvalue weighted by Crippen LogP contribution is -2.41. The second kappa shape index (κ2) is 5.85. The average Bonchev–Trinajstić information content (AvgIpc) is 2.39. The highest BCUT2D eigenvalue weighted by Gasteiger charge is 2.26. The van der Waals surface area contributed by atoms with Gasteiger partial charge in [-0.25, -0.2) is 0 Å². The van der Waals surface area contributed by atoms with Crippen molar-refractivity contribution >= 4 is 11.6 Å². The van der Waals surface area contributed by atoms with Crippen LogP contribution in [0, 0.1) is 5.92 Å². The summed E-state index contributed by atoms with van der Waals surface area (Å²) in [7, 11) is 0. The molecule has 2 unspecified atom stereocenters. The lowest BCUT2D eigenvalue weighted by molar-refractivity contribution is 0.279. The van der Waals surface area contributed by atoms with Crippen LogP contribution in [0.25, 0.3) is 0 Å². The van der Waals surface area contributed by atoms with Crippen LogP contribution < -0.4 is 11.5 Å². The monoisotopic (exact) mass is 252 g/mol. The van der Waals surface area contributed by atoms with Gasteiger partial charge in [0.2, 0.25) is 0 Å². The molecule has 17 heavy (non-hydrogen) atoms. The third-order valence-corrected chi connectivity index (χ3v) is 4.12. The van der Waals surface area contributed by atoms with Gasteiger partial charge in [-0.05, 0) is 36.5 Å². The third kappa shape index (κ3) is 3.21. The zero-order valence-electron chi connectivity index (χ0n) is 10.1. The van der Waals surface area contributed by atoms with Crippen molar-refractivity contribution in [2.24, 2.45) is 17.4 Å². The van der Waals surface area contributed by atoms with Crippen molar-refractivity contribution in [1.82, 2.24) is 0 Å². The van der Waals surface area contributed by atoms with E-state index in [2.05, 4.69) is 0 Å². The fourth-order valence-corrected chi connectivity index (χ4v) is 2.85. The number of benzene rings is 1. The standard InChI is InChI=1S/C14H21ClN2/c15-12-8-6-11(7-9-12)14(17)13(16)10-4-2-1-3-5-10/h6-10,13-14H,1-5,16-17H2. The normalized spacial score (nSPS) is 21.1. The van der Waals surface area contributed by atoms with Crippen molar-refractivity contribution in [2.75, 3.05) is 0 Å². The van der Waals surface area contributed by atoms with Crippen LogP contribution in [0.4, 0.5) is 0 Å². The van der Waals surface area contributed by atoms with E-state index in [9.17, 15) is 0 Å². The molecule has 0 bridgehead atoms. The van der Waals surface area contributed by atoms with Crippen LogP contribution in [0.3, 0.4) is 0 Å². The molecule has 2 atom stereocenters. The molecule has 2 nitrogen and oxygen atoms in total. The molecule has 1 aliphatic carbocycles. The van der Waals surface area contributed by atoms with E-state index in [1.54, 1.807) is 0 Å². The second-order valence-corrected chi connectivity index (χ2v) is 5.49. The fraction of sp³-hybridized carbons (Fsp3) is 0.571. The maximum Gasteiger partial charge on any atom is 0.0451 e. The van der Waals surface area contributed by atoms with Crippen LogP contribution in [-0.2, 0) is 0 Å². The molecule has 1 aromatic rings. The Morgan fingerprint density at radius 1 is 1.00 bits per heavy atom. The summed E-state index contributed by atoms with van der Waals surface area (Å²) in [4.78, 5) is 0. The molecule has 1 saturated carbocycles. The van der Waals surface area contributed by atoms with E-state index in [1.807, 2.05) is 24.3 Å². The Morgan fingerprint density at radius 2 is 1.59 bits per heavy atom. The van der Waals surface area contributed by atoms with E-state index in [1.165, 1.54) is 32.1 Å². The maximum absolute atomic E-state index is 6.30. The van der Waals surface area contributed by atoms with Crippen LogP contribution in [0.15, 0.2) is 24.3 Å². The largest absolute Gasteiger partial charge is 0.326 e. The van der Waals surface area contributed by atoms with E-state index in [4.69, 9.17) is 23.1 Å². The minimum absolute atomic E-state index is 0.0662. The van der Waals surface area contributed by atoms with Gasteiger partial charge in [0.05, 0.1) is 0 Å². The van der Waals surface area contributed by atoms with Gasteiger partial charge in [0.25, 0.3) is 0 Å². The summed E-state index contributed by atoms with van der Waals surface area (Å²) in [5.41, 5.74) is 13.6. The van der Waals surface area contributed by atoms with Crippen molar-refractivity contribution < 1.29 is 0 Å². The summed E-state index contributed by atoms with van der Waals surface area (Å²) < 4.78 is 0. The molecule has 0 radical (unpaired) electrons. The van der Waals surface area contributed by atoms with E-state index in [0.717, 1.165) is 10.6 Å². The first-order valence-corrected chi connectivity index (χ1v) is 6.83. The molecule has 3 heteroatoms. The van der Waals surface area contributed by atoms with Crippen LogP contribution in [0.2, 0.25) is 5.02 Å². The first-order valence-electron chi connectivity index (χ1n) is 6.45. The average molecular weight is 253 g/mol. The molecule has 0 saturated heterocycles. The maximum atomic E-state index is 6.30. The number of rotatable bonds is 3. The summed E-state index contributed by atoms with van der Waals surface area (Å²) in [5.74, 6) is 0.578. The SMILES string of the molecule is NC(c1ccc(Cl)cc1)C(N)C1CCCCC1. The molecule has 1 fully saturated rings. The van der Waals surface area contributed by atoms with Gasteiger partial charge in [0, 0.05) is 17.1 Å². The molecule has 4 N–H and O–H groups in total. The fourth-order valence-electron chi connectivity index (χ4n) is 2.72. The number of hydrogen-bond acceptors (Lipinski definition) is 2. The van der Waals surface area contributed by atoms with Crippen LogP contribution in [-0.4, -0.2) is 6.04 Å². The van der Waals surface area contributed by atoms with Gasteiger partial charge < -0.3 is 11.5 Å². The van der Waals surface area contributed by atoms with Gasteiger partial charge in [0.15, 0.2) is 0 Å². The van der Waals surface area contributed by atoms with Crippen molar-refractivity contribution in [2.45, 2.75) is 44.2 Å². The quantitative estimate of drug-likeness (QED) is 0.868. The molecule has 0 aliphatic heterocycles. The lowest BCUT2D eigenvalue weighted by Gasteiger charge is -2.31. The zero-order valence-corrected chi connectivity index (χ0v) is 10.9. The first-order chi connectivity index (χ1) is 8.18. The third-order valence-electron chi connectivity index (χ3n) is 3.86. The van der Waals surface area contributed by atoms with Crippen molar-refractivity contribution in [3.63, 3.8) is 0 Å². The highest BCUT2D eigenvalue weighted by molar-refractivity contribution is 6.30. The highest BCUT2D eigenvalue weighted by Crippen LogP contribution is 2.30. The molecule has 0 amide bonds. The molecule has 2 rings (SSSR count). The summed E-state index contributed by atoms with van der Waals surface area (Å²) >= 11 is 5.87. The Balaban J connectivity index is 2.02. The molecule has 0 spiro atoms. The lowest BCUT2D eigenvalue weighted by atomic mass is 9.80. The predicted octanol–water partition coefficient (Wildman–Crippen LogP) is 3.25. The van der Waals surface area contributed by atoms with E-state index < -0.39 is 0 Å². The second-order valence-electron chi connectivity index (χ2n) is 5.05. The minimum Gasteiger partial charge on any atom is -0.326 e. The summed E-state index contributed by atoms with van der Waals surface area (Å²) in [5, 5.41) is 0.743. The van der Waals surface area contributed by atoms with Crippen molar-refractivity contribution in [3.05, 3.63) is 34.9 Å². The van der Waals surface area contributed by atoms with Gasteiger partial charge in [0.1, 0.15) is 0 Å². The van der Waals surface area contributed by atoms with Crippen LogP contribution in [0.5, 0.6) is 0 Å². The molecular formula is C14H21ClN2. The summed E-state index contributed by atoms with van der Waals surface area (Å²) in [6.45, 7) is 0. The van der Waals surface area contributed by atoms with E-state index in [0.29, 0.717) is 5.92 Å². The molecule has 1 aromatic carbocycles. The zero-order chi connectivity index (χ0) is 12.3. The molecule has 0 heterocycles. The van der Waals surface area contributed by atoms with E-state index >= 15 is 0 Å². The predicted molar refractivity (Wildman–Crippen MR) is 72.9 cm³/mol. The van der Waals surface area contributed by atoms with Crippen LogP contribution >= 0.6 is 11.6 Å². The summed E-state index contributed by atoms with van der Waals surface area (Å²) in [6, 6.07) is 7.71. The molecule has 0 aromatic heterocycles. The van der Waals surface area contributed by atoms with Gasteiger partial charge in [-0.1, -0.05) is 43.0 Å². The molecular weight excluding hydrogens is 232 g/mol.